The van der Waals surface area contributed by atoms with Gasteiger partial charge in [0.05, 0.1) is 16.3 Å². The smallest absolute Gasteiger partial charge is 0.335 e. The van der Waals surface area contributed by atoms with Gasteiger partial charge >= 0.3 is 5.97 Å². The zero-order valence-electron chi connectivity index (χ0n) is 9.86. The summed E-state index contributed by atoms with van der Waals surface area (Å²) in [4.78, 5) is 24.5. The molecule has 0 radical (unpaired) electrons. The van der Waals surface area contributed by atoms with E-state index in [0.29, 0.717) is 23.7 Å². The molecule has 2 rings (SSSR count). The van der Waals surface area contributed by atoms with E-state index in [2.05, 4.69) is 0 Å². The van der Waals surface area contributed by atoms with Crippen molar-refractivity contribution in [3.05, 3.63) is 28.8 Å². The highest BCUT2D eigenvalue weighted by Crippen LogP contribution is 2.29. The maximum atomic E-state index is 12.0. The summed E-state index contributed by atoms with van der Waals surface area (Å²) >= 11 is 6.07. The molecular formula is C13H14ClNO3. The molecule has 18 heavy (non-hydrogen) atoms. The first-order valence-electron chi connectivity index (χ1n) is 5.93. The van der Waals surface area contributed by atoms with Gasteiger partial charge in [-0.15, -0.1) is 0 Å². The van der Waals surface area contributed by atoms with Crippen LogP contribution in [0.5, 0.6) is 0 Å². The molecule has 1 aliphatic heterocycles. The number of carboxylic acid groups (broad SMARTS) is 1. The fourth-order valence-corrected chi connectivity index (χ4v) is 2.31. The topological polar surface area (TPSA) is 57.6 Å². The first kappa shape index (κ1) is 12.9. The van der Waals surface area contributed by atoms with E-state index >= 15 is 0 Å². The molecule has 5 heteroatoms. The van der Waals surface area contributed by atoms with E-state index in [0.717, 1.165) is 19.3 Å². The highest BCUT2D eigenvalue weighted by atomic mass is 35.5. The van der Waals surface area contributed by atoms with Gasteiger partial charge in [0.1, 0.15) is 0 Å². The fraction of sp³-hybridized carbons (Fsp3) is 0.385. The molecule has 0 saturated carbocycles. The van der Waals surface area contributed by atoms with Gasteiger partial charge in [-0.2, -0.15) is 0 Å². The zero-order valence-corrected chi connectivity index (χ0v) is 10.6. The average Bonchev–Trinajstić information content (AvgIpc) is 2.54. The van der Waals surface area contributed by atoms with Crippen molar-refractivity contribution >= 4 is 29.2 Å². The molecule has 0 aromatic heterocycles. The van der Waals surface area contributed by atoms with Gasteiger partial charge in [0.2, 0.25) is 5.91 Å². The summed E-state index contributed by atoms with van der Waals surface area (Å²) < 4.78 is 0. The molecule has 0 aliphatic carbocycles. The normalized spacial score (nSPS) is 16.5. The van der Waals surface area contributed by atoms with Crippen LogP contribution in [0.25, 0.3) is 0 Å². The lowest BCUT2D eigenvalue weighted by Gasteiger charge is -2.22. The predicted molar refractivity (Wildman–Crippen MR) is 69.2 cm³/mol. The molecule has 96 valence electrons. The number of anilines is 1. The minimum atomic E-state index is -1.02. The van der Waals surface area contributed by atoms with Gasteiger partial charge in [0.15, 0.2) is 0 Å². The summed E-state index contributed by atoms with van der Waals surface area (Å²) in [5.41, 5.74) is 0.648. The molecule has 0 atom stereocenters. The summed E-state index contributed by atoms with van der Waals surface area (Å²) in [6, 6.07) is 4.43. The summed E-state index contributed by atoms with van der Waals surface area (Å²) in [6.07, 6.45) is 3.30. The van der Waals surface area contributed by atoms with Gasteiger partial charge in [0, 0.05) is 13.0 Å². The number of carbonyl (C=O) groups excluding carboxylic acids is 1. The number of carboxylic acids is 1. The number of amides is 1. The van der Waals surface area contributed by atoms with Gasteiger partial charge in [-0.25, -0.2) is 4.79 Å². The van der Waals surface area contributed by atoms with Crippen LogP contribution < -0.4 is 4.90 Å². The van der Waals surface area contributed by atoms with E-state index in [4.69, 9.17) is 16.7 Å². The highest BCUT2D eigenvalue weighted by molar-refractivity contribution is 6.34. The van der Waals surface area contributed by atoms with E-state index in [1.165, 1.54) is 18.2 Å². The minimum Gasteiger partial charge on any atom is -0.478 e. The van der Waals surface area contributed by atoms with Crippen LogP contribution in [0, 0.1) is 0 Å². The standard InChI is InChI=1S/C13H14ClNO3/c14-10-6-5-9(13(17)18)8-11(10)15-7-3-1-2-4-12(15)16/h5-6,8H,1-4,7H2,(H,17,18). The number of aromatic carboxylic acids is 1. The van der Waals surface area contributed by atoms with Gasteiger partial charge in [-0.05, 0) is 31.0 Å². The van der Waals surface area contributed by atoms with Gasteiger partial charge < -0.3 is 10.0 Å². The third-order valence-electron chi connectivity index (χ3n) is 3.06. The first-order valence-corrected chi connectivity index (χ1v) is 6.30. The lowest BCUT2D eigenvalue weighted by Crippen LogP contribution is -2.30. The molecule has 1 aromatic carbocycles. The largest absolute Gasteiger partial charge is 0.478 e. The molecule has 1 N–H and O–H groups in total. The number of nitrogens with zero attached hydrogens (tertiary/aromatic N) is 1. The Balaban J connectivity index is 2.38. The van der Waals surface area contributed by atoms with Crippen molar-refractivity contribution in [3.63, 3.8) is 0 Å². The first-order chi connectivity index (χ1) is 8.59. The van der Waals surface area contributed by atoms with Gasteiger partial charge in [-0.3, -0.25) is 4.79 Å². The van der Waals surface area contributed by atoms with Gasteiger partial charge in [-0.1, -0.05) is 18.0 Å². The Morgan fingerprint density at radius 1 is 1.28 bits per heavy atom. The van der Waals surface area contributed by atoms with Crippen LogP contribution in [-0.4, -0.2) is 23.5 Å². The van der Waals surface area contributed by atoms with E-state index in [-0.39, 0.29) is 11.5 Å². The Bertz CT molecular complexity index is 487. The monoisotopic (exact) mass is 267 g/mol. The Hall–Kier alpha value is -1.55. The van der Waals surface area contributed by atoms with Crippen LogP contribution in [0.15, 0.2) is 18.2 Å². The van der Waals surface area contributed by atoms with Gasteiger partial charge in [0.25, 0.3) is 0 Å². The van der Waals surface area contributed by atoms with Crippen LogP contribution in [-0.2, 0) is 4.79 Å². The Kier molecular flexibility index (Phi) is 3.87. The second kappa shape index (κ2) is 5.40. The third kappa shape index (κ3) is 2.64. The molecule has 1 aromatic rings. The van der Waals surface area contributed by atoms with Crippen molar-refractivity contribution in [3.8, 4) is 0 Å². The molecule has 0 bridgehead atoms. The molecule has 0 unspecified atom stereocenters. The Morgan fingerprint density at radius 2 is 2.06 bits per heavy atom. The minimum absolute atomic E-state index is 0.0111. The van der Waals surface area contributed by atoms with Crippen molar-refractivity contribution in [2.24, 2.45) is 0 Å². The number of hydrogen-bond donors (Lipinski definition) is 1. The van der Waals surface area contributed by atoms with E-state index in [1.54, 1.807) is 4.90 Å². The van der Waals surface area contributed by atoms with E-state index in [9.17, 15) is 9.59 Å². The zero-order chi connectivity index (χ0) is 13.1. The molecule has 1 heterocycles. The number of halogens is 1. The number of carbonyl (C=O) groups is 2. The molecule has 4 nitrogen and oxygen atoms in total. The average molecular weight is 268 g/mol. The Labute approximate surface area is 110 Å². The van der Waals surface area contributed by atoms with E-state index in [1.807, 2.05) is 0 Å². The Morgan fingerprint density at radius 3 is 2.78 bits per heavy atom. The molecule has 1 fully saturated rings. The molecule has 0 spiro atoms. The molecule has 1 saturated heterocycles. The van der Waals surface area contributed by atoms with Crippen LogP contribution in [0.2, 0.25) is 5.02 Å². The number of hydrogen-bond acceptors (Lipinski definition) is 2. The number of rotatable bonds is 2. The van der Waals surface area contributed by atoms with E-state index < -0.39 is 5.97 Å². The summed E-state index contributed by atoms with van der Waals surface area (Å²) in [7, 11) is 0. The molecule has 1 amide bonds. The second-order valence-corrected chi connectivity index (χ2v) is 4.73. The van der Waals surface area contributed by atoms with Crippen molar-refractivity contribution in [2.75, 3.05) is 11.4 Å². The lowest BCUT2D eigenvalue weighted by molar-refractivity contribution is -0.118. The molecular weight excluding hydrogens is 254 g/mol. The SMILES string of the molecule is O=C(O)c1ccc(Cl)c(N2CCCCCC2=O)c1. The summed E-state index contributed by atoms with van der Waals surface area (Å²) in [5.74, 6) is -1.01. The summed E-state index contributed by atoms with van der Waals surface area (Å²) in [6.45, 7) is 0.599. The van der Waals surface area contributed by atoms with Crippen LogP contribution in [0.1, 0.15) is 36.0 Å². The van der Waals surface area contributed by atoms with Crippen molar-refractivity contribution in [1.82, 2.24) is 0 Å². The fourth-order valence-electron chi connectivity index (χ4n) is 2.09. The summed E-state index contributed by atoms with van der Waals surface area (Å²) in [5, 5.41) is 9.39. The maximum Gasteiger partial charge on any atom is 0.335 e. The molecule has 1 aliphatic rings. The van der Waals surface area contributed by atoms with Crippen LogP contribution >= 0.6 is 11.6 Å². The maximum absolute atomic E-state index is 12.0. The van der Waals surface area contributed by atoms with Crippen molar-refractivity contribution < 1.29 is 14.7 Å². The van der Waals surface area contributed by atoms with Crippen molar-refractivity contribution in [1.29, 1.82) is 0 Å². The third-order valence-corrected chi connectivity index (χ3v) is 3.38. The van der Waals surface area contributed by atoms with Crippen LogP contribution in [0.4, 0.5) is 5.69 Å². The second-order valence-electron chi connectivity index (χ2n) is 4.33. The quantitative estimate of drug-likeness (QED) is 0.896. The number of benzene rings is 1. The lowest BCUT2D eigenvalue weighted by atomic mass is 10.2. The predicted octanol–water partition coefficient (Wildman–Crippen LogP) is 2.95. The highest BCUT2D eigenvalue weighted by Gasteiger charge is 2.21. The van der Waals surface area contributed by atoms with Crippen LogP contribution in [0.3, 0.4) is 0 Å². The van der Waals surface area contributed by atoms with Crippen molar-refractivity contribution in [2.45, 2.75) is 25.7 Å².